The first-order valence-electron chi connectivity index (χ1n) is 8.57. The molecule has 1 saturated carbocycles. The maximum atomic E-state index is 12.4. The molecule has 1 fully saturated rings. The van der Waals surface area contributed by atoms with Crippen LogP contribution >= 0.6 is 0 Å². The molecule has 1 aliphatic carbocycles. The monoisotopic (exact) mass is 353 g/mol. The van der Waals surface area contributed by atoms with Gasteiger partial charge in [0, 0.05) is 24.7 Å². The zero-order chi connectivity index (χ0) is 17.6. The number of carbonyl (C=O) groups is 1. The Bertz CT molecular complexity index is 657. The predicted molar refractivity (Wildman–Crippen MR) is 94.2 cm³/mol. The quantitative estimate of drug-likeness (QED) is 0.595. The van der Waals surface area contributed by atoms with Crippen molar-refractivity contribution in [3.8, 4) is 0 Å². The van der Waals surface area contributed by atoms with Gasteiger partial charge in [0.15, 0.2) is 0 Å². The van der Waals surface area contributed by atoms with Crippen molar-refractivity contribution in [1.29, 1.82) is 0 Å². The summed E-state index contributed by atoms with van der Waals surface area (Å²) in [6.45, 7) is 2.91. The largest absolute Gasteiger partial charge is 0.348 e. The van der Waals surface area contributed by atoms with Crippen LogP contribution in [-0.2, 0) is 10.0 Å². The Morgan fingerprint density at radius 3 is 2.75 bits per heavy atom. The number of hydrogen-bond acceptors (Lipinski definition) is 4. The fraction of sp³-hybridized carbons (Fsp3) is 0.588. The summed E-state index contributed by atoms with van der Waals surface area (Å²) in [6, 6.07) is 6.03. The molecule has 0 aromatic heterocycles. The highest BCUT2D eigenvalue weighted by Gasteiger charge is 2.24. The van der Waals surface area contributed by atoms with E-state index in [1.54, 1.807) is 12.1 Å². The average molecular weight is 353 g/mol. The topological polar surface area (TPSA) is 101 Å². The Labute approximate surface area is 144 Å². The summed E-state index contributed by atoms with van der Waals surface area (Å²) in [7, 11) is -3.57. The molecular weight excluding hydrogens is 326 g/mol. The van der Waals surface area contributed by atoms with Crippen LogP contribution in [0.3, 0.4) is 0 Å². The van der Waals surface area contributed by atoms with Crippen LogP contribution in [0.25, 0.3) is 0 Å². The van der Waals surface area contributed by atoms with E-state index in [-0.39, 0.29) is 16.8 Å². The van der Waals surface area contributed by atoms with Crippen molar-refractivity contribution in [3.05, 3.63) is 29.8 Å². The molecule has 0 aliphatic heterocycles. The highest BCUT2D eigenvalue weighted by atomic mass is 32.2. The van der Waals surface area contributed by atoms with Crippen molar-refractivity contribution < 1.29 is 13.2 Å². The summed E-state index contributed by atoms with van der Waals surface area (Å²) >= 11 is 0. The van der Waals surface area contributed by atoms with Gasteiger partial charge in [0.05, 0.1) is 4.90 Å². The molecule has 4 N–H and O–H groups in total. The average Bonchev–Trinajstić information content (AvgIpc) is 3.41. The predicted octanol–water partition coefficient (Wildman–Crippen LogP) is 1.62. The van der Waals surface area contributed by atoms with E-state index in [2.05, 4.69) is 17.0 Å². The van der Waals surface area contributed by atoms with Gasteiger partial charge >= 0.3 is 0 Å². The molecule has 6 nitrogen and oxygen atoms in total. The van der Waals surface area contributed by atoms with Gasteiger partial charge in [0.2, 0.25) is 10.0 Å². The van der Waals surface area contributed by atoms with Crippen molar-refractivity contribution in [2.45, 2.75) is 50.0 Å². The van der Waals surface area contributed by atoms with Crippen LogP contribution in [-0.4, -0.2) is 33.5 Å². The maximum Gasteiger partial charge on any atom is 0.251 e. The fourth-order valence-corrected chi connectivity index (χ4v) is 3.57. The van der Waals surface area contributed by atoms with Crippen molar-refractivity contribution >= 4 is 15.9 Å². The van der Waals surface area contributed by atoms with E-state index >= 15 is 0 Å². The van der Waals surface area contributed by atoms with E-state index in [9.17, 15) is 13.2 Å². The first-order valence-corrected chi connectivity index (χ1v) is 10.0. The first kappa shape index (κ1) is 18.9. The molecule has 0 heterocycles. The molecule has 1 aromatic rings. The zero-order valence-electron chi connectivity index (χ0n) is 14.1. The van der Waals surface area contributed by atoms with Crippen molar-refractivity contribution in [3.63, 3.8) is 0 Å². The van der Waals surface area contributed by atoms with Gasteiger partial charge in [-0.2, -0.15) is 0 Å². The van der Waals surface area contributed by atoms with Crippen LogP contribution in [0.5, 0.6) is 0 Å². The molecular formula is C17H27N3O3S. The third kappa shape index (κ3) is 5.58. The number of hydrogen-bond donors (Lipinski definition) is 3. The number of amides is 1. The van der Waals surface area contributed by atoms with Crippen LogP contribution in [0.2, 0.25) is 0 Å². The number of nitrogens with two attached hydrogens (primary N) is 1. The Hall–Kier alpha value is -1.44. The Morgan fingerprint density at radius 1 is 1.38 bits per heavy atom. The summed E-state index contributed by atoms with van der Waals surface area (Å²) in [5, 5.41) is 2.88. The molecule has 7 heteroatoms. The van der Waals surface area contributed by atoms with E-state index in [4.69, 9.17) is 5.73 Å². The normalized spacial score (nSPS) is 15.9. The van der Waals surface area contributed by atoms with Gasteiger partial charge in [-0.05, 0) is 43.4 Å². The number of benzene rings is 1. The molecule has 24 heavy (non-hydrogen) atoms. The Morgan fingerprint density at radius 2 is 2.12 bits per heavy atom. The van der Waals surface area contributed by atoms with Crippen LogP contribution in [0.15, 0.2) is 29.2 Å². The summed E-state index contributed by atoms with van der Waals surface area (Å²) < 4.78 is 27.2. The van der Waals surface area contributed by atoms with Gasteiger partial charge in [-0.25, -0.2) is 13.1 Å². The van der Waals surface area contributed by atoms with E-state index in [0.29, 0.717) is 24.6 Å². The van der Waals surface area contributed by atoms with Gasteiger partial charge in [-0.3, -0.25) is 4.79 Å². The second-order valence-electron chi connectivity index (χ2n) is 6.37. The van der Waals surface area contributed by atoms with Crippen molar-refractivity contribution in [2.24, 2.45) is 11.7 Å². The number of sulfonamides is 1. The minimum atomic E-state index is -3.57. The summed E-state index contributed by atoms with van der Waals surface area (Å²) in [6.07, 6.45) is 4.99. The van der Waals surface area contributed by atoms with Gasteiger partial charge < -0.3 is 11.1 Å². The smallest absolute Gasteiger partial charge is 0.251 e. The molecule has 2 rings (SSSR count). The minimum absolute atomic E-state index is 0.0919. The highest BCUT2D eigenvalue weighted by molar-refractivity contribution is 7.89. The molecule has 1 unspecified atom stereocenters. The van der Waals surface area contributed by atoms with E-state index < -0.39 is 10.0 Å². The molecule has 1 amide bonds. The molecule has 0 saturated heterocycles. The summed E-state index contributed by atoms with van der Waals surface area (Å²) in [4.78, 5) is 12.5. The van der Waals surface area contributed by atoms with Crippen molar-refractivity contribution in [2.75, 3.05) is 13.1 Å². The number of carbonyl (C=O) groups excluding carboxylic acids is 1. The van der Waals surface area contributed by atoms with E-state index in [1.165, 1.54) is 12.1 Å². The second kappa shape index (κ2) is 8.60. The van der Waals surface area contributed by atoms with Gasteiger partial charge in [-0.15, -0.1) is 0 Å². The highest BCUT2D eigenvalue weighted by Crippen LogP contribution is 2.28. The van der Waals surface area contributed by atoms with Crippen LogP contribution in [0.1, 0.15) is 49.4 Å². The van der Waals surface area contributed by atoms with Gasteiger partial charge in [0.1, 0.15) is 0 Å². The molecule has 0 radical (unpaired) electrons. The lowest BCUT2D eigenvalue weighted by atomic mass is 10.1. The second-order valence-corrected chi connectivity index (χ2v) is 8.14. The van der Waals surface area contributed by atoms with Crippen LogP contribution < -0.4 is 15.8 Å². The Balaban J connectivity index is 2.03. The Kier molecular flexibility index (Phi) is 6.77. The lowest BCUT2D eigenvalue weighted by Gasteiger charge is -2.16. The van der Waals surface area contributed by atoms with Crippen LogP contribution in [0.4, 0.5) is 0 Å². The summed E-state index contributed by atoms with van der Waals surface area (Å²) in [5.41, 5.74) is 6.02. The van der Waals surface area contributed by atoms with Crippen molar-refractivity contribution in [1.82, 2.24) is 10.0 Å². The molecule has 1 aromatic carbocycles. The molecule has 0 spiro atoms. The fourth-order valence-electron chi connectivity index (χ4n) is 2.41. The van der Waals surface area contributed by atoms with Gasteiger partial charge in [-0.1, -0.05) is 25.8 Å². The van der Waals surface area contributed by atoms with E-state index in [0.717, 1.165) is 32.1 Å². The molecule has 1 atom stereocenters. The summed E-state index contributed by atoms with van der Waals surface area (Å²) in [5.74, 6) is 0.163. The molecule has 1 aliphatic rings. The number of nitrogens with one attached hydrogen (secondary N) is 2. The zero-order valence-corrected chi connectivity index (χ0v) is 14.9. The van der Waals surface area contributed by atoms with Crippen LogP contribution in [0, 0.1) is 5.92 Å². The van der Waals surface area contributed by atoms with Gasteiger partial charge in [0.25, 0.3) is 5.91 Å². The number of rotatable bonds is 10. The maximum absolute atomic E-state index is 12.4. The molecule has 0 bridgehead atoms. The SMILES string of the molecule is CCCCC(CN)NC(=O)c1cccc(S(=O)(=O)NCC2CC2)c1. The standard InChI is InChI=1S/C17H27N3O3S/c1-2-3-6-15(11-18)20-17(21)14-5-4-7-16(10-14)24(22,23)19-12-13-8-9-13/h4-5,7,10,13,15,19H,2-3,6,8-9,11-12,18H2,1H3,(H,20,21). The molecule has 134 valence electrons. The minimum Gasteiger partial charge on any atom is -0.348 e. The number of unbranched alkanes of at least 4 members (excludes halogenated alkanes) is 1. The first-order chi connectivity index (χ1) is 11.5. The lowest BCUT2D eigenvalue weighted by molar-refractivity contribution is 0.0935. The third-order valence-electron chi connectivity index (χ3n) is 4.19. The third-order valence-corrected chi connectivity index (χ3v) is 5.61. The lowest BCUT2D eigenvalue weighted by Crippen LogP contribution is -2.40. The van der Waals surface area contributed by atoms with E-state index in [1.807, 2.05) is 0 Å².